The number of hydrogen-bond acceptors (Lipinski definition) is 5. The van der Waals surface area contributed by atoms with Crippen LogP contribution in [0.25, 0.3) is 22.0 Å². The molecule has 0 saturated heterocycles. The molecule has 4 aromatic rings. The van der Waals surface area contributed by atoms with Gasteiger partial charge in [-0.3, -0.25) is 19.1 Å². The van der Waals surface area contributed by atoms with E-state index in [4.69, 9.17) is 11.5 Å². The zero-order chi connectivity index (χ0) is 25.6. The van der Waals surface area contributed by atoms with Crippen molar-refractivity contribution in [1.82, 2.24) is 14.7 Å². The second-order valence-electron chi connectivity index (χ2n) is 8.73. The van der Waals surface area contributed by atoms with Crippen LogP contribution >= 0.6 is 0 Å². The number of anilines is 2. The number of nitrogens with one attached hydrogen (secondary N) is 1. The first-order chi connectivity index (χ1) is 17.2. The minimum Gasteiger partial charge on any atom is -0.398 e. The van der Waals surface area contributed by atoms with E-state index in [-0.39, 0.29) is 30.5 Å². The molecular weight excluding hydrogens is 456 g/mol. The van der Waals surface area contributed by atoms with E-state index in [2.05, 4.69) is 17.0 Å². The molecule has 0 atom stereocenters. The van der Waals surface area contributed by atoms with Crippen molar-refractivity contribution in [2.24, 2.45) is 12.8 Å². The van der Waals surface area contributed by atoms with Crippen LogP contribution in [0.4, 0.5) is 11.4 Å². The van der Waals surface area contributed by atoms with E-state index >= 15 is 0 Å². The van der Waals surface area contributed by atoms with Crippen molar-refractivity contribution in [1.29, 1.82) is 0 Å². The molecule has 1 aliphatic rings. The fourth-order valence-electron chi connectivity index (χ4n) is 4.52. The van der Waals surface area contributed by atoms with E-state index in [1.165, 1.54) is 4.90 Å². The number of hydrogen-bond donors (Lipinski definition) is 3. The highest BCUT2D eigenvalue weighted by atomic mass is 16.2. The minimum absolute atomic E-state index is 0.00717. The molecule has 1 aliphatic heterocycles. The minimum atomic E-state index is -0.664. The Labute approximate surface area is 207 Å². The molecular formula is C27H24N6O3. The first kappa shape index (κ1) is 22.9. The Kier molecular flexibility index (Phi) is 5.52. The molecule has 9 nitrogen and oxygen atoms in total. The number of rotatable bonds is 6. The van der Waals surface area contributed by atoms with Crippen LogP contribution in [0.1, 0.15) is 26.3 Å². The number of nitrogens with zero attached hydrogens (tertiary/aromatic N) is 3. The lowest BCUT2D eigenvalue weighted by Crippen LogP contribution is -2.30. The Morgan fingerprint density at radius 1 is 1.14 bits per heavy atom. The molecule has 0 fully saturated rings. The zero-order valence-corrected chi connectivity index (χ0v) is 19.6. The number of para-hydroxylation sites is 1. The van der Waals surface area contributed by atoms with Crippen LogP contribution < -0.4 is 16.8 Å². The van der Waals surface area contributed by atoms with E-state index in [1.54, 1.807) is 30.1 Å². The highest BCUT2D eigenvalue weighted by Crippen LogP contribution is 2.38. The Hall–Kier alpha value is -4.92. The Balaban J connectivity index is 1.61. The first-order valence-electron chi connectivity index (χ1n) is 11.3. The SMILES string of the molecule is C=C(CN1Cc2c(-c3cc(C(=O)Nc4ccccc4)c4cnn(C)c4c3)ccc(N)c2C1=O)C(N)=O. The molecule has 180 valence electrons. The number of carbonyl (C=O) groups excluding carboxylic acids is 3. The molecule has 36 heavy (non-hydrogen) atoms. The predicted molar refractivity (Wildman–Crippen MR) is 138 cm³/mol. The summed E-state index contributed by atoms with van der Waals surface area (Å²) < 4.78 is 1.70. The van der Waals surface area contributed by atoms with Crippen molar-refractivity contribution < 1.29 is 14.4 Å². The number of primary amides is 1. The van der Waals surface area contributed by atoms with Gasteiger partial charge in [0, 0.05) is 35.9 Å². The van der Waals surface area contributed by atoms with Crippen LogP contribution in [-0.2, 0) is 18.4 Å². The van der Waals surface area contributed by atoms with Gasteiger partial charge in [-0.15, -0.1) is 0 Å². The number of nitrogens with two attached hydrogens (primary N) is 2. The number of aryl methyl sites for hydroxylation is 1. The molecule has 0 unspecified atom stereocenters. The van der Waals surface area contributed by atoms with E-state index in [1.807, 2.05) is 42.5 Å². The van der Waals surface area contributed by atoms with Gasteiger partial charge >= 0.3 is 0 Å². The Bertz CT molecular complexity index is 1570. The summed E-state index contributed by atoms with van der Waals surface area (Å²) in [5.41, 5.74) is 16.5. The summed E-state index contributed by atoms with van der Waals surface area (Å²) in [6.45, 7) is 3.91. The maximum absolute atomic E-state index is 13.3. The summed E-state index contributed by atoms with van der Waals surface area (Å²) in [6.07, 6.45) is 1.66. The highest BCUT2D eigenvalue weighted by molar-refractivity contribution is 6.14. The van der Waals surface area contributed by atoms with Crippen LogP contribution in [0.3, 0.4) is 0 Å². The average molecular weight is 481 g/mol. The molecule has 5 rings (SSSR count). The number of benzene rings is 3. The van der Waals surface area contributed by atoms with Crippen molar-refractivity contribution in [3.8, 4) is 11.1 Å². The van der Waals surface area contributed by atoms with Gasteiger partial charge in [0.1, 0.15) is 0 Å². The Morgan fingerprint density at radius 3 is 2.61 bits per heavy atom. The lowest BCUT2D eigenvalue weighted by atomic mass is 9.93. The molecule has 0 aliphatic carbocycles. The van der Waals surface area contributed by atoms with Gasteiger partial charge in [0.15, 0.2) is 0 Å². The van der Waals surface area contributed by atoms with E-state index < -0.39 is 5.91 Å². The van der Waals surface area contributed by atoms with Crippen molar-refractivity contribution in [3.05, 3.63) is 89.6 Å². The van der Waals surface area contributed by atoms with Crippen molar-refractivity contribution in [3.63, 3.8) is 0 Å². The van der Waals surface area contributed by atoms with Crippen LogP contribution in [0.15, 0.2) is 72.9 Å². The van der Waals surface area contributed by atoms with Crippen LogP contribution in [0, 0.1) is 0 Å². The molecule has 0 spiro atoms. The van der Waals surface area contributed by atoms with Crippen molar-refractivity contribution >= 4 is 40.0 Å². The molecule has 2 heterocycles. The third kappa shape index (κ3) is 3.86. The van der Waals surface area contributed by atoms with Gasteiger partial charge in [-0.05, 0) is 47.0 Å². The van der Waals surface area contributed by atoms with Gasteiger partial charge in [-0.25, -0.2) is 0 Å². The van der Waals surface area contributed by atoms with E-state index in [0.717, 1.165) is 16.6 Å². The molecule has 9 heteroatoms. The van der Waals surface area contributed by atoms with Crippen LogP contribution in [-0.4, -0.2) is 38.9 Å². The van der Waals surface area contributed by atoms with Gasteiger partial charge in [0.2, 0.25) is 5.91 Å². The van der Waals surface area contributed by atoms with Crippen molar-refractivity contribution in [2.45, 2.75) is 6.54 Å². The summed E-state index contributed by atoms with van der Waals surface area (Å²) in [6, 6.07) is 16.4. The van der Waals surface area contributed by atoms with Gasteiger partial charge < -0.3 is 21.7 Å². The fraction of sp³-hybridized carbons (Fsp3) is 0.111. The molecule has 5 N–H and O–H groups in total. The second kappa shape index (κ2) is 8.70. The number of nitrogen functional groups attached to an aromatic ring is 1. The molecule has 3 aromatic carbocycles. The third-order valence-electron chi connectivity index (χ3n) is 6.38. The molecule has 0 radical (unpaired) electrons. The average Bonchev–Trinajstić information content (AvgIpc) is 3.39. The molecule has 0 bridgehead atoms. The quantitative estimate of drug-likeness (QED) is 0.288. The zero-order valence-electron chi connectivity index (χ0n) is 19.6. The van der Waals surface area contributed by atoms with Crippen LogP contribution in [0.5, 0.6) is 0 Å². The third-order valence-corrected chi connectivity index (χ3v) is 6.38. The van der Waals surface area contributed by atoms with Crippen LogP contribution in [0.2, 0.25) is 0 Å². The topological polar surface area (TPSA) is 136 Å². The van der Waals surface area contributed by atoms with E-state index in [9.17, 15) is 14.4 Å². The number of fused-ring (bicyclic) bond motifs is 2. The second-order valence-corrected chi connectivity index (χ2v) is 8.73. The van der Waals surface area contributed by atoms with Gasteiger partial charge in [0.25, 0.3) is 11.8 Å². The smallest absolute Gasteiger partial charge is 0.256 e. The molecule has 1 aromatic heterocycles. The normalized spacial score (nSPS) is 12.6. The summed E-state index contributed by atoms with van der Waals surface area (Å²) in [5.74, 6) is -1.23. The van der Waals surface area contributed by atoms with Gasteiger partial charge in [0.05, 0.1) is 29.4 Å². The predicted octanol–water partition coefficient (Wildman–Crippen LogP) is 3.07. The van der Waals surface area contributed by atoms with Gasteiger partial charge in [-0.2, -0.15) is 5.10 Å². The Morgan fingerprint density at radius 2 is 1.89 bits per heavy atom. The summed E-state index contributed by atoms with van der Waals surface area (Å²) in [4.78, 5) is 39.4. The lowest BCUT2D eigenvalue weighted by molar-refractivity contribution is -0.114. The maximum atomic E-state index is 13.3. The van der Waals surface area contributed by atoms with Crippen molar-refractivity contribution in [2.75, 3.05) is 17.6 Å². The number of carbonyl (C=O) groups is 3. The van der Waals surface area contributed by atoms with Gasteiger partial charge in [-0.1, -0.05) is 30.8 Å². The molecule has 3 amide bonds. The number of aromatic nitrogens is 2. The molecule has 0 saturated carbocycles. The lowest BCUT2D eigenvalue weighted by Gasteiger charge is -2.16. The standard InChI is InChI=1S/C27H24N6O3/c1-15(25(29)34)13-33-14-21-18(8-9-22(28)24(21)27(33)36)16-10-19(20-12-30-32(2)23(20)11-16)26(35)31-17-6-4-3-5-7-17/h3-12H,1,13-14,28H2,2H3,(H2,29,34)(H,31,35). The monoisotopic (exact) mass is 480 g/mol. The first-order valence-corrected chi connectivity index (χ1v) is 11.3. The summed E-state index contributed by atoms with van der Waals surface area (Å²) >= 11 is 0. The maximum Gasteiger partial charge on any atom is 0.256 e. The number of amides is 3. The van der Waals surface area contributed by atoms with E-state index in [0.29, 0.717) is 33.5 Å². The highest BCUT2D eigenvalue weighted by Gasteiger charge is 2.33. The fourth-order valence-corrected chi connectivity index (χ4v) is 4.52. The summed E-state index contributed by atoms with van der Waals surface area (Å²) in [5, 5.41) is 7.98. The largest absolute Gasteiger partial charge is 0.398 e. The summed E-state index contributed by atoms with van der Waals surface area (Å²) in [7, 11) is 1.80.